The Morgan fingerprint density at radius 1 is 0.938 bits per heavy atom. The Hall–Kier alpha value is -1.80. The molecule has 0 bridgehead atoms. The molecule has 2 nitrogen and oxygen atoms in total. The summed E-state index contributed by atoms with van der Waals surface area (Å²) in [7, 11) is 0. The van der Waals surface area contributed by atoms with E-state index < -0.39 is 0 Å². The monoisotopic (exact) mass is 228 g/mol. The summed E-state index contributed by atoms with van der Waals surface area (Å²) in [5.74, 6) is 0. The van der Waals surface area contributed by atoms with E-state index in [4.69, 9.17) is 11.6 Å². The lowest BCUT2D eigenvalue weighted by molar-refractivity contribution is 1.12. The van der Waals surface area contributed by atoms with Gasteiger partial charge in [0.05, 0.1) is 5.52 Å². The molecule has 0 saturated carbocycles. The van der Waals surface area contributed by atoms with Crippen LogP contribution in [0.2, 0.25) is 5.15 Å². The van der Waals surface area contributed by atoms with Gasteiger partial charge in [-0.1, -0.05) is 48.0 Å². The highest BCUT2D eigenvalue weighted by molar-refractivity contribution is 6.34. The second kappa shape index (κ2) is 3.65. The lowest BCUT2D eigenvalue weighted by Gasteiger charge is -2.00. The van der Waals surface area contributed by atoms with Crippen molar-refractivity contribution in [3.05, 3.63) is 53.7 Å². The van der Waals surface area contributed by atoms with Gasteiger partial charge in [-0.05, 0) is 23.3 Å². The average Bonchev–Trinajstić information content (AvgIpc) is 2.72. The number of H-pyrrole nitrogens is 1. The summed E-state index contributed by atoms with van der Waals surface area (Å²) in [5.41, 5.74) is 3.23. The molecule has 1 aromatic heterocycles. The number of halogens is 1. The first-order chi connectivity index (χ1) is 7.84. The van der Waals surface area contributed by atoms with Crippen LogP contribution in [0.1, 0.15) is 0 Å². The van der Waals surface area contributed by atoms with E-state index in [0.717, 1.165) is 16.5 Å². The summed E-state index contributed by atoms with van der Waals surface area (Å²) in [6.07, 6.45) is 0. The van der Waals surface area contributed by atoms with Crippen LogP contribution in [0.3, 0.4) is 0 Å². The van der Waals surface area contributed by atoms with Gasteiger partial charge in [0, 0.05) is 5.39 Å². The van der Waals surface area contributed by atoms with Gasteiger partial charge in [0.25, 0.3) is 0 Å². The number of nitrogens with zero attached hydrogens (tertiary/aromatic N) is 1. The van der Waals surface area contributed by atoms with Crippen LogP contribution in [0, 0.1) is 0 Å². The Labute approximate surface area is 97.9 Å². The summed E-state index contributed by atoms with van der Waals surface area (Å²) >= 11 is 5.95. The smallest absolute Gasteiger partial charge is 0.132 e. The second-order valence-corrected chi connectivity index (χ2v) is 4.01. The maximum absolute atomic E-state index is 5.95. The van der Waals surface area contributed by atoms with E-state index in [-0.39, 0.29) is 0 Å². The molecular formula is C13H9ClN2. The number of aromatic amines is 1. The third-order valence-corrected chi connectivity index (χ3v) is 2.90. The average molecular weight is 229 g/mol. The molecule has 0 aliphatic heterocycles. The molecule has 3 aromatic rings. The Morgan fingerprint density at radius 2 is 1.75 bits per heavy atom. The van der Waals surface area contributed by atoms with Crippen molar-refractivity contribution in [1.82, 2.24) is 10.2 Å². The minimum atomic E-state index is 0.592. The molecule has 0 amide bonds. The topological polar surface area (TPSA) is 28.7 Å². The Kier molecular flexibility index (Phi) is 2.15. The fourth-order valence-electron chi connectivity index (χ4n) is 1.79. The van der Waals surface area contributed by atoms with E-state index in [1.807, 2.05) is 30.3 Å². The van der Waals surface area contributed by atoms with Gasteiger partial charge in [-0.2, -0.15) is 5.10 Å². The predicted octanol–water partition coefficient (Wildman–Crippen LogP) is 3.88. The van der Waals surface area contributed by atoms with Crippen LogP contribution < -0.4 is 0 Å². The molecule has 0 aliphatic rings. The maximum atomic E-state index is 5.95. The zero-order valence-corrected chi connectivity index (χ0v) is 9.20. The minimum absolute atomic E-state index is 0.592. The van der Waals surface area contributed by atoms with E-state index in [1.165, 1.54) is 5.56 Å². The third-order valence-electron chi connectivity index (χ3n) is 2.62. The fourth-order valence-corrected chi connectivity index (χ4v) is 1.99. The van der Waals surface area contributed by atoms with Crippen LogP contribution in [-0.4, -0.2) is 10.2 Å². The lowest BCUT2D eigenvalue weighted by atomic mass is 10.0. The van der Waals surface area contributed by atoms with Gasteiger partial charge in [-0.15, -0.1) is 0 Å². The van der Waals surface area contributed by atoms with Gasteiger partial charge in [0.1, 0.15) is 5.15 Å². The molecule has 3 rings (SSSR count). The van der Waals surface area contributed by atoms with Crippen LogP contribution >= 0.6 is 11.6 Å². The molecule has 0 radical (unpaired) electrons. The molecule has 3 heteroatoms. The van der Waals surface area contributed by atoms with E-state index >= 15 is 0 Å². The summed E-state index contributed by atoms with van der Waals surface area (Å²) < 4.78 is 0. The first-order valence-electron chi connectivity index (χ1n) is 5.03. The van der Waals surface area contributed by atoms with Crippen molar-refractivity contribution in [3.8, 4) is 11.1 Å². The number of hydrogen-bond donors (Lipinski definition) is 1. The van der Waals surface area contributed by atoms with E-state index in [0.29, 0.717) is 5.15 Å². The number of hydrogen-bond acceptors (Lipinski definition) is 1. The standard InChI is InChI=1S/C13H9ClN2/c14-13-11-7-6-10(8-12(11)15-16-13)9-4-2-1-3-5-9/h1-8H,(H,15,16). The van der Waals surface area contributed by atoms with Crippen molar-refractivity contribution in [1.29, 1.82) is 0 Å². The molecule has 0 spiro atoms. The molecule has 0 aliphatic carbocycles. The summed E-state index contributed by atoms with van der Waals surface area (Å²) in [5, 5.41) is 8.47. The largest absolute Gasteiger partial charge is 0.266 e. The normalized spacial score (nSPS) is 10.8. The van der Waals surface area contributed by atoms with Gasteiger partial charge in [0.15, 0.2) is 0 Å². The van der Waals surface area contributed by atoms with E-state index in [1.54, 1.807) is 0 Å². The quantitative estimate of drug-likeness (QED) is 0.673. The van der Waals surface area contributed by atoms with Crippen LogP contribution in [0.15, 0.2) is 48.5 Å². The van der Waals surface area contributed by atoms with Crippen LogP contribution in [0.25, 0.3) is 22.0 Å². The molecule has 0 fully saturated rings. The van der Waals surface area contributed by atoms with Crippen molar-refractivity contribution in [2.45, 2.75) is 0 Å². The van der Waals surface area contributed by atoms with Crippen molar-refractivity contribution in [2.75, 3.05) is 0 Å². The summed E-state index contributed by atoms with van der Waals surface area (Å²) in [4.78, 5) is 0. The Balaban J connectivity index is 2.19. The van der Waals surface area contributed by atoms with E-state index in [2.05, 4.69) is 28.4 Å². The third kappa shape index (κ3) is 1.48. The number of fused-ring (bicyclic) bond motifs is 1. The number of rotatable bonds is 1. The molecule has 1 heterocycles. The van der Waals surface area contributed by atoms with Crippen LogP contribution in [-0.2, 0) is 0 Å². The van der Waals surface area contributed by atoms with Gasteiger partial charge in [0.2, 0.25) is 0 Å². The molecular weight excluding hydrogens is 220 g/mol. The van der Waals surface area contributed by atoms with Crippen molar-refractivity contribution in [3.63, 3.8) is 0 Å². The minimum Gasteiger partial charge on any atom is -0.266 e. The Morgan fingerprint density at radius 3 is 2.56 bits per heavy atom. The highest BCUT2D eigenvalue weighted by atomic mass is 35.5. The lowest BCUT2D eigenvalue weighted by Crippen LogP contribution is -1.77. The van der Waals surface area contributed by atoms with Crippen molar-refractivity contribution < 1.29 is 0 Å². The second-order valence-electron chi connectivity index (χ2n) is 3.64. The molecule has 78 valence electrons. The summed E-state index contributed by atoms with van der Waals surface area (Å²) in [6, 6.07) is 16.3. The van der Waals surface area contributed by atoms with Gasteiger partial charge < -0.3 is 0 Å². The van der Waals surface area contributed by atoms with Crippen molar-refractivity contribution >= 4 is 22.5 Å². The molecule has 0 unspecified atom stereocenters. The molecule has 0 saturated heterocycles. The summed E-state index contributed by atoms with van der Waals surface area (Å²) in [6.45, 7) is 0. The van der Waals surface area contributed by atoms with Gasteiger partial charge in [-0.3, -0.25) is 5.10 Å². The van der Waals surface area contributed by atoms with Crippen LogP contribution in [0.4, 0.5) is 0 Å². The fraction of sp³-hybridized carbons (Fsp3) is 0. The molecule has 2 aromatic carbocycles. The number of nitrogens with one attached hydrogen (secondary N) is 1. The SMILES string of the molecule is Clc1[nH]nc2cc(-c3ccccc3)ccc12. The van der Waals surface area contributed by atoms with Gasteiger partial charge >= 0.3 is 0 Å². The van der Waals surface area contributed by atoms with E-state index in [9.17, 15) is 0 Å². The number of aromatic nitrogens is 2. The zero-order chi connectivity index (χ0) is 11.0. The highest BCUT2D eigenvalue weighted by Gasteiger charge is 2.04. The predicted molar refractivity (Wildman–Crippen MR) is 66.5 cm³/mol. The number of benzene rings is 2. The molecule has 16 heavy (non-hydrogen) atoms. The zero-order valence-electron chi connectivity index (χ0n) is 8.44. The van der Waals surface area contributed by atoms with Crippen molar-refractivity contribution in [2.24, 2.45) is 0 Å². The first kappa shape index (κ1) is 9.43. The van der Waals surface area contributed by atoms with Gasteiger partial charge in [-0.25, -0.2) is 0 Å². The highest BCUT2D eigenvalue weighted by Crippen LogP contribution is 2.26. The molecule has 0 atom stereocenters. The van der Waals surface area contributed by atoms with Crippen LogP contribution in [0.5, 0.6) is 0 Å². The molecule has 1 N–H and O–H groups in total. The Bertz CT molecular complexity index is 629. The maximum Gasteiger partial charge on any atom is 0.132 e. The first-order valence-corrected chi connectivity index (χ1v) is 5.41.